The smallest absolute Gasteiger partial charge is 0.271 e. The second-order valence-corrected chi connectivity index (χ2v) is 7.48. The van der Waals surface area contributed by atoms with Crippen LogP contribution in [0.15, 0.2) is 53.6 Å². The van der Waals surface area contributed by atoms with Crippen molar-refractivity contribution in [2.45, 2.75) is 27.3 Å². The van der Waals surface area contributed by atoms with Crippen LogP contribution in [0.25, 0.3) is 16.6 Å². The number of nitro benzene ring substituents is 1. The number of nitrogens with one attached hydrogen (secondary N) is 1. The quantitative estimate of drug-likeness (QED) is 0.382. The molecule has 162 valence electrons. The minimum atomic E-state index is -0.554. The van der Waals surface area contributed by atoms with Gasteiger partial charge in [-0.05, 0) is 39.0 Å². The Bertz CT molecular complexity index is 1420. The number of anilines is 1. The Balaban J connectivity index is 1.58. The third kappa shape index (κ3) is 3.85. The highest BCUT2D eigenvalue weighted by molar-refractivity contribution is 5.92. The molecule has 0 unspecified atom stereocenters. The topological polar surface area (TPSA) is 125 Å². The van der Waals surface area contributed by atoms with Crippen LogP contribution in [0.5, 0.6) is 0 Å². The van der Waals surface area contributed by atoms with Crippen molar-refractivity contribution in [3.8, 4) is 5.69 Å². The van der Waals surface area contributed by atoms with Gasteiger partial charge in [0.1, 0.15) is 6.54 Å². The van der Waals surface area contributed by atoms with Crippen LogP contribution in [-0.2, 0) is 11.3 Å². The van der Waals surface area contributed by atoms with Gasteiger partial charge in [0.15, 0.2) is 0 Å². The molecule has 10 heteroatoms. The van der Waals surface area contributed by atoms with Crippen LogP contribution in [0, 0.1) is 30.9 Å². The highest BCUT2D eigenvalue weighted by atomic mass is 16.6. The molecule has 2 heterocycles. The Morgan fingerprint density at radius 2 is 1.84 bits per heavy atom. The monoisotopic (exact) mass is 432 g/mol. The largest absolute Gasteiger partial charge is 0.321 e. The van der Waals surface area contributed by atoms with Gasteiger partial charge in [0, 0.05) is 12.1 Å². The number of hydrogen-bond donors (Lipinski definition) is 1. The van der Waals surface area contributed by atoms with Crippen molar-refractivity contribution in [1.29, 1.82) is 0 Å². The third-order valence-electron chi connectivity index (χ3n) is 5.17. The van der Waals surface area contributed by atoms with Crippen LogP contribution in [0.2, 0.25) is 0 Å². The highest BCUT2D eigenvalue weighted by Crippen LogP contribution is 2.23. The first kappa shape index (κ1) is 20.9. The van der Waals surface area contributed by atoms with Gasteiger partial charge < -0.3 is 5.32 Å². The van der Waals surface area contributed by atoms with Crippen molar-refractivity contribution in [1.82, 2.24) is 19.3 Å². The zero-order valence-corrected chi connectivity index (χ0v) is 17.7. The van der Waals surface area contributed by atoms with Gasteiger partial charge in [0.05, 0.1) is 44.9 Å². The minimum Gasteiger partial charge on any atom is -0.321 e. The minimum absolute atomic E-state index is 0.156. The van der Waals surface area contributed by atoms with Crippen LogP contribution in [0.4, 0.5) is 11.4 Å². The van der Waals surface area contributed by atoms with Gasteiger partial charge in [-0.2, -0.15) is 5.10 Å². The Labute approximate surface area is 182 Å². The van der Waals surface area contributed by atoms with E-state index in [1.54, 1.807) is 11.6 Å². The number of hydrogen-bond acceptors (Lipinski definition) is 6. The molecule has 1 N–H and O–H groups in total. The van der Waals surface area contributed by atoms with Crippen molar-refractivity contribution < 1.29 is 9.72 Å². The van der Waals surface area contributed by atoms with Gasteiger partial charge in [0.25, 0.3) is 11.2 Å². The molecule has 10 nitrogen and oxygen atoms in total. The number of carbonyl (C=O) groups is 1. The Morgan fingerprint density at radius 3 is 2.53 bits per heavy atom. The van der Waals surface area contributed by atoms with Crippen LogP contribution in [0.3, 0.4) is 0 Å². The lowest BCUT2D eigenvalue weighted by molar-refractivity contribution is -0.384. The van der Waals surface area contributed by atoms with Gasteiger partial charge in [-0.25, -0.2) is 9.67 Å². The number of fused-ring (bicyclic) bond motifs is 1. The zero-order chi connectivity index (χ0) is 23.0. The molecule has 0 fully saturated rings. The zero-order valence-electron chi connectivity index (χ0n) is 17.7. The first-order valence-corrected chi connectivity index (χ1v) is 9.81. The number of benzene rings is 2. The normalized spacial score (nSPS) is 11.0. The number of carbonyl (C=O) groups excluding carboxylic acids is 1. The first-order chi connectivity index (χ1) is 15.2. The molecular weight excluding hydrogens is 412 g/mol. The Kier molecular flexibility index (Phi) is 5.27. The summed E-state index contributed by atoms with van der Waals surface area (Å²) in [6.45, 7) is 5.39. The molecule has 0 bridgehead atoms. The fourth-order valence-electron chi connectivity index (χ4n) is 3.47. The number of rotatable bonds is 5. The van der Waals surface area contributed by atoms with E-state index in [4.69, 9.17) is 0 Å². The molecule has 0 atom stereocenters. The molecule has 0 saturated carbocycles. The summed E-state index contributed by atoms with van der Waals surface area (Å²) in [7, 11) is 0. The first-order valence-electron chi connectivity index (χ1n) is 9.81. The molecule has 0 radical (unpaired) electrons. The highest BCUT2D eigenvalue weighted by Gasteiger charge is 2.17. The van der Waals surface area contributed by atoms with Crippen LogP contribution in [0.1, 0.15) is 17.0 Å². The van der Waals surface area contributed by atoms with E-state index in [-0.39, 0.29) is 23.1 Å². The van der Waals surface area contributed by atoms with E-state index in [0.29, 0.717) is 11.4 Å². The van der Waals surface area contributed by atoms with Crippen molar-refractivity contribution >= 4 is 28.2 Å². The lowest BCUT2D eigenvalue weighted by Crippen LogP contribution is -2.28. The lowest BCUT2D eigenvalue weighted by atomic mass is 10.2. The summed E-state index contributed by atoms with van der Waals surface area (Å²) in [6.07, 6.45) is 1.21. The van der Waals surface area contributed by atoms with E-state index in [1.807, 2.05) is 38.1 Å². The van der Waals surface area contributed by atoms with E-state index in [9.17, 15) is 19.7 Å². The average Bonchev–Trinajstić information content (AvgIpc) is 3.04. The van der Waals surface area contributed by atoms with Crippen molar-refractivity contribution in [2.24, 2.45) is 0 Å². The maximum atomic E-state index is 12.7. The molecule has 0 saturated heterocycles. The fraction of sp³-hybridized carbons (Fsp3) is 0.182. The van der Waals surface area contributed by atoms with Crippen molar-refractivity contribution in [3.63, 3.8) is 0 Å². The number of non-ortho nitro benzene ring substituents is 1. The maximum absolute atomic E-state index is 12.7. The SMILES string of the molecule is Cc1ccc(-n2nc(C)c(NC(=O)Cn3cnc4cc([N+](=O)[O-])ccc4c3=O)c2C)cc1. The predicted molar refractivity (Wildman–Crippen MR) is 119 cm³/mol. The molecule has 0 aliphatic heterocycles. The summed E-state index contributed by atoms with van der Waals surface area (Å²) in [5.74, 6) is -0.412. The summed E-state index contributed by atoms with van der Waals surface area (Å²) < 4.78 is 2.92. The number of nitrogens with zero attached hydrogens (tertiary/aromatic N) is 5. The number of nitro groups is 1. The van der Waals surface area contributed by atoms with E-state index < -0.39 is 16.4 Å². The third-order valence-corrected chi connectivity index (χ3v) is 5.17. The molecule has 0 aliphatic carbocycles. The van der Waals surface area contributed by atoms with Crippen LogP contribution >= 0.6 is 0 Å². The van der Waals surface area contributed by atoms with Gasteiger partial charge in [-0.1, -0.05) is 17.7 Å². The van der Waals surface area contributed by atoms with Gasteiger partial charge in [-0.3, -0.25) is 24.3 Å². The van der Waals surface area contributed by atoms with E-state index in [1.165, 1.54) is 29.1 Å². The van der Waals surface area contributed by atoms with Crippen molar-refractivity contribution in [3.05, 3.63) is 86.2 Å². The molecule has 0 spiro atoms. The summed E-state index contributed by atoms with van der Waals surface area (Å²) in [6, 6.07) is 11.7. The number of aromatic nitrogens is 4. The molecule has 4 rings (SSSR count). The molecule has 2 aromatic heterocycles. The summed E-state index contributed by atoms with van der Waals surface area (Å²) in [5, 5.41) is 18.5. The van der Waals surface area contributed by atoms with Gasteiger partial charge in [-0.15, -0.1) is 0 Å². The van der Waals surface area contributed by atoms with Gasteiger partial charge >= 0.3 is 0 Å². The lowest BCUT2D eigenvalue weighted by Gasteiger charge is -2.09. The Hall–Kier alpha value is -4.34. The summed E-state index contributed by atoms with van der Waals surface area (Å²) in [4.78, 5) is 39.8. The average molecular weight is 432 g/mol. The summed E-state index contributed by atoms with van der Waals surface area (Å²) >= 11 is 0. The van der Waals surface area contributed by atoms with Gasteiger partial charge in [0.2, 0.25) is 5.91 Å². The molecule has 4 aromatic rings. The van der Waals surface area contributed by atoms with Crippen LogP contribution in [-0.4, -0.2) is 30.2 Å². The molecule has 0 aliphatic rings. The predicted octanol–water partition coefficient (Wildman–Crippen LogP) is 3.05. The second-order valence-electron chi connectivity index (χ2n) is 7.48. The molecular formula is C22H20N6O4. The maximum Gasteiger partial charge on any atom is 0.271 e. The fourth-order valence-corrected chi connectivity index (χ4v) is 3.47. The molecule has 1 amide bonds. The van der Waals surface area contributed by atoms with Crippen LogP contribution < -0.4 is 10.9 Å². The van der Waals surface area contributed by atoms with E-state index in [2.05, 4.69) is 15.4 Å². The van der Waals surface area contributed by atoms with E-state index >= 15 is 0 Å². The van der Waals surface area contributed by atoms with E-state index in [0.717, 1.165) is 16.9 Å². The number of aryl methyl sites for hydroxylation is 2. The molecule has 32 heavy (non-hydrogen) atoms. The summed E-state index contributed by atoms with van der Waals surface area (Å²) in [5.41, 5.74) is 3.58. The number of amides is 1. The Morgan fingerprint density at radius 1 is 1.12 bits per heavy atom. The molecule has 2 aromatic carbocycles. The standard InChI is InChI=1S/C22H20N6O4/c1-13-4-6-16(7-5-13)27-15(3)21(14(2)25-27)24-20(29)11-26-12-23-19-10-17(28(31)32)8-9-18(19)22(26)30/h4-10,12H,11H2,1-3H3,(H,24,29). The van der Waals surface area contributed by atoms with Crippen molar-refractivity contribution in [2.75, 3.05) is 5.32 Å². The second kappa shape index (κ2) is 8.06.